The van der Waals surface area contributed by atoms with E-state index in [2.05, 4.69) is 52.4 Å². The number of aliphatic hydroxyl groups is 1. The second-order valence-electron chi connectivity index (χ2n) is 6.27. The molecule has 3 rings (SSSR count). The first-order valence-electron chi connectivity index (χ1n) is 7.59. The minimum Gasteiger partial charge on any atom is -0.394 e. The Morgan fingerprint density at radius 3 is 3.10 bits per heavy atom. The Bertz CT molecular complexity index is 578. The van der Waals surface area contributed by atoms with Gasteiger partial charge in [-0.15, -0.1) is 11.3 Å². The van der Waals surface area contributed by atoms with Gasteiger partial charge < -0.3 is 15.0 Å². The first-order valence-corrected chi connectivity index (χ1v) is 8.47. The zero-order chi connectivity index (χ0) is 14.9. The van der Waals surface area contributed by atoms with Crippen molar-refractivity contribution in [3.8, 4) is 10.7 Å². The van der Waals surface area contributed by atoms with Gasteiger partial charge in [-0.25, -0.2) is 4.98 Å². The Labute approximate surface area is 129 Å². The van der Waals surface area contributed by atoms with E-state index in [1.165, 1.54) is 4.88 Å². The highest BCUT2D eigenvalue weighted by atomic mass is 32.1. The highest BCUT2D eigenvalue weighted by molar-refractivity contribution is 7.13. The molecule has 0 spiro atoms. The molecule has 1 saturated carbocycles. The van der Waals surface area contributed by atoms with Gasteiger partial charge >= 0.3 is 0 Å². The molecule has 2 unspecified atom stereocenters. The molecule has 0 amide bonds. The summed E-state index contributed by atoms with van der Waals surface area (Å²) < 4.78 is 2.28. The van der Waals surface area contributed by atoms with E-state index in [1.54, 1.807) is 11.3 Å². The van der Waals surface area contributed by atoms with Crippen LogP contribution in [0.3, 0.4) is 0 Å². The smallest absolute Gasteiger partial charge is 0.150 e. The highest BCUT2D eigenvalue weighted by Gasteiger charge is 2.40. The van der Waals surface area contributed by atoms with E-state index in [1.807, 2.05) is 6.20 Å². The second kappa shape index (κ2) is 5.91. The van der Waals surface area contributed by atoms with Crippen LogP contribution < -0.4 is 5.32 Å². The fourth-order valence-corrected chi connectivity index (χ4v) is 4.20. The predicted molar refractivity (Wildman–Crippen MR) is 86.5 cm³/mol. The van der Waals surface area contributed by atoms with Crippen LogP contribution in [0, 0.1) is 0 Å². The first kappa shape index (κ1) is 14.8. The Balaban J connectivity index is 1.82. The minimum atomic E-state index is -0.143. The van der Waals surface area contributed by atoms with Crippen molar-refractivity contribution in [3.05, 3.63) is 29.9 Å². The molecule has 1 fully saturated rings. The first-order chi connectivity index (χ1) is 10.1. The van der Waals surface area contributed by atoms with Crippen molar-refractivity contribution >= 4 is 11.3 Å². The number of hydrogen-bond acceptors (Lipinski definition) is 4. The fourth-order valence-electron chi connectivity index (χ4n) is 3.47. The zero-order valence-corrected chi connectivity index (χ0v) is 13.4. The van der Waals surface area contributed by atoms with Crippen molar-refractivity contribution in [1.82, 2.24) is 14.9 Å². The summed E-state index contributed by atoms with van der Waals surface area (Å²) in [6.45, 7) is 4.47. The number of hydrogen-bond donors (Lipinski definition) is 2. The third-order valence-corrected chi connectivity index (χ3v) is 5.15. The third kappa shape index (κ3) is 2.91. The molecule has 0 bridgehead atoms. The maximum Gasteiger partial charge on any atom is 0.150 e. The van der Waals surface area contributed by atoms with E-state index in [4.69, 9.17) is 0 Å². The van der Waals surface area contributed by atoms with Crippen molar-refractivity contribution in [2.45, 2.75) is 50.7 Å². The average Bonchev–Trinajstić information content (AvgIpc) is 3.18. The van der Waals surface area contributed by atoms with Crippen LogP contribution in [-0.4, -0.2) is 32.8 Å². The number of imidazole rings is 1. The monoisotopic (exact) mass is 305 g/mol. The fraction of sp³-hybridized carbons (Fsp3) is 0.562. The van der Waals surface area contributed by atoms with Crippen LogP contribution in [0.5, 0.6) is 0 Å². The van der Waals surface area contributed by atoms with E-state index < -0.39 is 0 Å². The van der Waals surface area contributed by atoms with Crippen LogP contribution in [0.1, 0.15) is 39.2 Å². The third-order valence-electron chi connectivity index (χ3n) is 4.28. The molecule has 1 aliphatic rings. The molecule has 2 heterocycles. The molecule has 2 aromatic rings. The number of nitrogens with one attached hydrogen (secondary N) is 1. The highest BCUT2D eigenvalue weighted by Crippen LogP contribution is 2.40. The van der Waals surface area contributed by atoms with E-state index >= 15 is 0 Å². The topological polar surface area (TPSA) is 50.1 Å². The number of thiophene rings is 1. The second-order valence-corrected chi connectivity index (χ2v) is 7.22. The Hall–Kier alpha value is -1.17. The Morgan fingerprint density at radius 2 is 2.43 bits per heavy atom. The molecule has 2 N–H and O–H groups in total. The average molecular weight is 305 g/mol. The van der Waals surface area contributed by atoms with Gasteiger partial charge in [-0.2, -0.15) is 0 Å². The van der Waals surface area contributed by atoms with E-state index in [-0.39, 0.29) is 12.1 Å². The lowest BCUT2D eigenvalue weighted by Crippen LogP contribution is -2.49. The molecule has 0 radical (unpaired) electrons. The molecule has 21 heavy (non-hydrogen) atoms. The summed E-state index contributed by atoms with van der Waals surface area (Å²) in [5.74, 6) is 1.05. The summed E-state index contributed by atoms with van der Waals surface area (Å²) in [6, 6.07) is 4.97. The summed E-state index contributed by atoms with van der Waals surface area (Å²) in [4.78, 5) is 5.74. The van der Waals surface area contributed by atoms with Gasteiger partial charge in [0.1, 0.15) is 5.82 Å². The maximum absolute atomic E-state index is 9.85. The van der Waals surface area contributed by atoms with Crippen LogP contribution in [-0.2, 0) is 0 Å². The summed E-state index contributed by atoms with van der Waals surface area (Å²) >= 11 is 1.72. The zero-order valence-electron chi connectivity index (χ0n) is 12.6. The molecule has 2 aromatic heterocycles. The number of nitrogens with zero attached hydrogens (tertiary/aromatic N) is 2. The predicted octanol–water partition coefficient (Wildman–Crippen LogP) is 3.07. The molecule has 2 atom stereocenters. The van der Waals surface area contributed by atoms with Crippen LogP contribution in [0.2, 0.25) is 0 Å². The van der Waals surface area contributed by atoms with Gasteiger partial charge in [0.15, 0.2) is 0 Å². The molecule has 0 saturated heterocycles. The molecule has 0 aromatic carbocycles. The minimum absolute atomic E-state index is 0.143. The summed E-state index contributed by atoms with van der Waals surface area (Å²) in [6.07, 6.45) is 6.99. The summed E-state index contributed by atoms with van der Waals surface area (Å²) in [7, 11) is 0. The normalized spacial score (nSPS) is 25.8. The van der Waals surface area contributed by atoms with Gasteiger partial charge in [0.05, 0.1) is 11.5 Å². The maximum atomic E-state index is 9.85. The van der Waals surface area contributed by atoms with Crippen molar-refractivity contribution in [2.24, 2.45) is 0 Å². The Kier molecular flexibility index (Phi) is 4.15. The van der Waals surface area contributed by atoms with Gasteiger partial charge in [0.2, 0.25) is 0 Å². The van der Waals surface area contributed by atoms with Crippen molar-refractivity contribution < 1.29 is 5.11 Å². The van der Waals surface area contributed by atoms with Gasteiger partial charge in [-0.05, 0) is 30.7 Å². The molecule has 5 heteroatoms. The lowest BCUT2D eigenvalue weighted by atomic mass is 9.97. The molecule has 4 nitrogen and oxygen atoms in total. The molecule has 114 valence electrons. The largest absolute Gasteiger partial charge is 0.394 e. The number of aromatic nitrogens is 2. The van der Waals surface area contributed by atoms with Gasteiger partial charge in [0.25, 0.3) is 0 Å². The van der Waals surface area contributed by atoms with Gasteiger partial charge in [0, 0.05) is 30.0 Å². The number of aliphatic hydroxyl groups excluding tert-OH is 1. The van der Waals surface area contributed by atoms with Crippen LogP contribution in [0.4, 0.5) is 0 Å². The van der Waals surface area contributed by atoms with Crippen LogP contribution in [0.15, 0.2) is 29.9 Å². The van der Waals surface area contributed by atoms with Crippen molar-refractivity contribution in [2.75, 3.05) is 6.61 Å². The molecule has 0 aliphatic heterocycles. The van der Waals surface area contributed by atoms with Gasteiger partial charge in [-0.3, -0.25) is 0 Å². The van der Waals surface area contributed by atoms with E-state index in [0.717, 1.165) is 25.1 Å². The lowest BCUT2D eigenvalue weighted by molar-refractivity contribution is 0.152. The SMILES string of the molecule is CC(C)NC1(CO)CCC(n2ccnc2-c2cccs2)C1. The summed E-state index contributed by atoms with van der Waals surface area (Å²) in [5.41, 5.74) is -0.143. The quantitative estimate of drug-likeness (QED) is 0.892. The van der Waals surface area contributed by atoms with Gasteiger partial charge in [-0.1, -0.05) is 19.9 Å². The number of rotatable bonds is 5. The van der Waals surface area contributed by atoms with Crippen LogP contribution >= 0.6 is 11.3 Å². The molecule has 1 aliphatic carbocycles. The van der Waals surface area contributed by atoms with Crippen LogP contribution in [0.25, 0.3) is 10.7 Å². The summed E-state index contributed by atoms with van der Waals surface area (Å²) in [5, 5.41) is 15.5. The standard InChI is InChI=1S/C16H23N3OS/c1-12(2)18-16(11-20)6-5-13(10-16)19-8-7-17-15(19)14-4-3-9-21-14/h3-4,7-9,12-13,18,20H,5-6,10-11H2,1-2H3. The molecular weight excluding hydrogens is 282 g/mol. The van der Waals surface area contributed by atoms with E-state index in [0.29, 0.717) is 12.1 Å². The molecular formula is C16H23N3OS. The lowest BCUT2D eigenvalue weighted by Gasteiger charge is -2.31. The van der Waals surface area contributed by atoms with Crippen molar-refractivity contribution in [1.29, 1.82) is 0 Å². The van der Waals surface area contributed by atoms with E-state index in [9.17, 15) is 5.11 Å². The Morgan fingerprint density at radius 1 is 1.57 bits per heavy atom. The van der Waals surface area contributed by atoms with Crippen molar-refractivity contribution in [3.63, 3.8) is 0 Å².